The molecule has 6 heteroatoms. The van der Waals surface area contributed by atoms with Gasteiger partial charge in [-0.1, -0.05) is 54.5 Å². The van der Waals surface area contributed by atoms with Gasteiger partial charge in [-0.05, 0) is 30.2 Å². The smallest absolute Gasteiger partial charge is 0.131 e. The van der Waals surface area contributed by atoms with Crippen molar-refractivity contribution in [1.82, 2.24) is 15.5 Å². The van der Waals surface area contributed by atoms with Crippen LogP contribution < -0.4 is 5.32 Å². The van der Waals surface area contributed by atoms with E-state index in [4.69, 9.17) is 23.2 Å². The molecule has 0 aliphatic heterocycles. The lowest BCUT2D eigenvalue weighted by Crippen LogP contribution is -2.18. The number of nitrogens with zero attached hydrogens (tertiary/aromatic N) is 2. The molecule has 20 heavy (non-hydrogen) atoms. The van der Waals surface area contributed by atoms with Gasteiger partial charge in [0.1, 0.15) is 10.0 Å². The number of hydrogen-bond acceptors (Lipinski definition) is 4. The molecule has 0 unspecified atom stereocenters. The van der Waals surface area contributed by atoms with Gasteiger partial charge in [0.2, 0.25) is 0 Å². The van der Waals surface area contributed by atoms with E-state index in [0.29, 0.717) is 16.0 Å². The van der Waals surface area contributed by atoms with Crippen molar-refractivity contribution in [2.45, 2.75) is 26.8 Å². The molecule has 3 nitrogen and oxygen atoms in total. The summed E-state index contributed by atoms with van der Waals surface area (Å²) in [6, 6.07) is 5.65. The predicted molar refractivity (Wildman–Crippen MR) is 85.7 cm³/mol. The molecular formula is C14H17Cl2N3S. The van der Waals surface area contributed by atoms with Crippen LogP contribution in [0.15, 0.2) is 18.2 Å². The van der Waals surface area contributed by atoms with Crippen molar-refractivity contribution < 1.29 is 0 Å². The summed E-state index contributed by atoms with van der Waals surface area (Å²) in [7, 11) is 0. The Bertz CT molecular complexity index is 569. The van der Waals surface area contributed by atoms with Crippen LogP contribution in [0, 0.1) is 5.92 Å². The first-order chi connectivity index (χ1) is 9.54. The molecule has 0 amide bonds. The molecule has 0 radical (unpaired) electrons. The Balaban J connectivity index is 1.93. The Morgan fingerprint density at radius 1 is 1.15 bits per heavy atom. The molecule has 0 saturated heterocycles. The summed E-state index contributed by atoms with van der Waals surface area (Å²) < 4.78 is 0. The number of hydrogen-bond donors (Lipinski definition) is 1. The SMILES string of the molecule is CC(C)CNCc1nnc(Cc2ccc(Cl)c(Cl)c2)s1. The second kappa shape index (κ2) is 7.36. The van der Waals surface area contributed by atoms with Crippen molar-refractivity contribution in [2.24, 2.45) is 5.92 Å². The third-order valence-corrected chi connectivity index (χ3v) is 4.34. The monoisotopic (exact) mass is 329 g/mol. The largest absolute Gasteiger partial charge is 0.310 e. The summed E-state index contributed by atoms with van der Waals surface area (Å²) in [6.45, 7) is 6.13. The Morgan fingerprint density at radius 3 is 2.60 bits per heavy atom. The highest BCUT2D eigenvalue weighted by atomic mass is 35.5. The summed E-state index contributed by atoms with van der Waals surface area (Å²) in [5.74, 6) is 0.638. The van der Waals surface area contributed by atoms with E-state index in [0.717, 1.165) is 35.1 Å². The second-order valence-electron chi connectivity index (χ2n) is 5.04. The lowest BCUT2D eigenvalue weighted by molar-refractivity contribution is 0.550. The molecule has 0 atom stereocenters. The molecule has 1 aromatic heterocycles. The molecule has 0 saturated carbocycles. The van der Waals surface area contributed by atoms with Crippen molar-refractivity contribution >= 4 is 34.5 Å². The minimum atomic E-state index is 0.575. The molecule has 0 spiro atoms. The average Bonchev–Trinajstić information content (AvgIpc) is 2.81. The van der Waals surface area contributed by atoms with E-state index in [1.54, 1.807) is 11.3 Å². The average molecular weight is 330 g/mol. The van der Waals surface area contributed by atoms with Crippen LogP contribution in [-0.4, -0.2) is 16.7 Å². The van der Waals surface area contributed by atoms with Gasteiger partial charge < -0.3 is 5.32 Å². The van der Waals surface area contributed by atoms with Crippen LogP contribution in [0.2, 0.25) is 10.0 Å². The van der Waals surface area contributed by atoms with Crippen molar-refractivity contribution in [3.8, 4) is 0 Å². The first-order valence-corrected chi connectivity index (χ1v) is 8.07. The third-order valence-electron chi connectivity index (χ3n) is 2.68. The highest BCUT2D eigenvalue weighted by Gasteiger charge is 2.07. The number of benzene rings is 1. The molecule has 0 aliphatic carbocycles. The van der Waals surface area contributed by atoms with E-state index in [2.05, 4.69) is 29.4 Å². The molecule has 1 aromatic carbocycles. The minimum Gasteiger partial charge on any atom is -0.310 e. The molecule has 108 valence electrons. The first kappa shape index (κ1) is 15.7. The van der Waals surface area contributed by atoms with E-state index in [1.165, 1.54) is 0 Å². The Kier molecular flexibility index (Phi) is 5.78. The highest BCUT2D eigenvalue weighted by molar-refractivity contribution is 7.11. The normalized spacial score (nSPS) is 11.2. The van der Waals surface area contributed by atoms with E-state index in [9.17, 15) is 0 Å². The summed E-state index contributed by atoms with van der Waals surface area (Å²) in [6.07, 6.45) is 0.735. The van der Waals surface area contributed by atoms with Crippen molar-refractivity contribution in [3.63, 3.8) is 0 Å². The zero-order valence-corrected chi connectivity index (χ0v) is 13.8. The van der Waals surface area contributed by atoms with Crippen LogP contribution in [0.5, 0.6) is 0 Å². The van der Waals surface area contributed by atoms with E-state index in [1.807, 2.05) is 18.2 Å². The molecule has 2 aromatic rings. The van der Waals surface area contributed by atoms with Gasteiger partial charge in [-0.2, -0.15) is 0 Å². The second-order valence-corrected chi connectivity index (χ2v) is 7.00. The molecule has 2 rings (SSSR count). The van der Waals surface area contributed by atoms with Crippen LogP contribution in [0.3, 0.4) is 0 Å². The maximum absolute atomic E-state index is 6.01. The quantitative estimate of drug-likeness (QED) is 0.863. The predicted octanol–water partition coefficient (Wildman–Crippen LogP) is 4.18. The molecular weight excluding hydrogens is 313 g/mol. The topological polar surface area (TPSA) is 37.8 Å². The molecule has 1 N–H and O–H groups in total. The lowest BCUT2D eigenvalue weighted by atomic mass is 10.2. The fourth-order valence-electron chi connectivity index (χ4n) is 1.72. The van der Waals surface area contributed by atoms with Crippen molar-refractivity contribution in [2.75, 3.05) is 6.54 Å². The van der Waals surface area contributed by atoms with Gasteiger partial charge in [0.25, 0.3) is 0 Å². The first-order valence-electron chi connectivity index (χ1n) is 6.50. The van der Waals surface area contributed by atoms with Crippen LogP contribution >= 0.6 is 34.5 Å². The molecule has 0 aliphatic rings. The van der Waals surface area contributed by atoms with Gasteiger partial charge >= 0.3 is 0 Å². The number of aromatic nitrogens is 2. The summed E-state index contributed by atoms with van der Waals surface area (Å²) in [5, 5.41) is 14.9. The summed E-state index contributed by atoms with van der Waals surface area (Å²) in [5.41, 5.74) is 1.09. The summed E-state index contributed by atoms with van der Waals surface area (Å²) in [4.78, 5) is 0. The minimum absolute atomic E-state index is 0.575. The fourth-order valence-corrected chi connectivity index (χ4v) is 2.89. The number of halogens is 2. The van der Waals surface area contributed by atoms with Gasteiger partial charge in [-0.25, -0.2) is 0 Å². The maximum Gasteiger partial charge on any atom is 0.131 e. The van der Waals surface area contributed by atoms with Crippen LogP contribution in [-0.2, 0) is 13.0 Å². The van der Waals surface area contributed by atoms with E-state index in [-0.39, 0.29) is 0 Å². The van der Waals surface area contributed by atoms with Crippen LogP contribution in [0.1, 0.15) is 29.4 Å². The van der Waals surface area contributed by atoms with Crippen LogP contribution in [0.25, 0.3) is 0 Å². The molecule has 0 bridgehead atoms. The van der Waals surface area contributed by atoms with E-state index >= 15 is 0 Å². The fraction of sp³-hybridized carbons (Fsp3) is 0.429. The lowest BCUT2D eigenvalue weighted by Gasteiger charge is -2.04. The standard InChI is InChI=1S/C14H17Cl2N3S/c1-9(2)7-17-8-14-19-18-13(20-14)6-10-3-4-11(15)12(16)5-10/h3-5,9,17H,6-8H2,1-2H3. The highest BCUT2D eigenvalue weighted by Crippen LogP contribution is 2.24. The Labute approximate surface area is 133 Å². The van der Waals surface area contributed by atoms with Crippen molar-refractivity contribution in [3.05, 3.63) is 43.8 Å². The molecule has 1 heterocycles. The van der Waals surface area contributed by atoms with Gasteiger partial charge in [-0.3, -0.25) is 0 Å². The number of nitrogens with one attached hydrogen (secondary N) is 1. The maximum atomic E-state index is 6.01. The Morgan fingerprint density at radius 2 is 1.90 bits per heavy atom. The third kappa shape index (κ3) is 4.70. The zero-order chi connectivity index (χ0) is 14.5. The Hall–Kier alpha value is -0.680. The summed E-state index contributed by atoms with van der Waals surface area (Å²) >= 11 is 13.5. The van der Waals surface area contributed by atoms with Crippen LogP contribution in [0.4, 0.5) is 0 Å². The van der Waals surface area contributed by atoms with Crippen molar-refractivity contribution in [1.29, 1.82) is 0 Å². The van der Waals surface area contributed by atoms with Gasteiger partial charge in [0.15, 0.2) is 0 Å². The van der Waals surface area contributed by atoms with E-state index < -0.39 is 0 Å². The van der Waals surface area contributed by atoms with Gasteiger partial charge in [0.05, 0.1) is 10.0 Å². The van der Waals surface area contributed by atoms with Gasteiger partial charge in [-0.15, -0.1) is 10.2 Å². The zero-order valence-electron chi connectivity index (χ0n) is 11.5. The van der Waals surface area contributed by atoms with Gasteiger partial charge in [0, 0.05) is 13.0 Å². The number of rotatable bonds is 6. The molecule has 0 fully saturated rings.